The lowest BCUT2D eigenvalue weighted by atomic mass is 9.81. The second kappa shape index (κ2) is 8.20. The highest BCUT2D eigenvalue weighted by Gasteiger charge is 2.34. The zero-order valence-corrected chi connectivity index (χ0v) is 19.9. The number of nitrogens with two attached hydrogens (primary N) is 1. The number of hydrogen-bond acceptors (Lipinski definition) is 7. The highest BCUT2D eigenvalue weighted by molar-refractivity contribution is 6.43. The van der Waals surface area contributed by atoms with Crippen molar-refractivity contribution in [3.63, 3.8) is 0 Å². The number of H-pyrrole nitrogens is 2. The minimum atomic E-state index is -0.464. The Morgan fingerprint density at radius 3 is 2.71 bits per heavy atom. The van der Waals surface area contributed by atoms with E-state index in [1.165, 1.54) is 0 Å². The van der Waals surface area contributed by atoms with Gasteiger partial charge < -0.3 is 10.6 Å². The number of rotatable bonds is 3. The van der Waals surface area contributed by atoms with Gasteiger partial charge in [0.05, 0.1) is 27.1 Å². The third-order valence-corrected chi connectivity index (χ3v) is 7.49. The van der Waals surface area contributed by atoms with Gasteiger partial charge in [-0.3, -0.25) is 10.2 Å². The molecule has 4 N–H and O–H groups in total. The number of benzene rings is 2. The maximum atomic E-state index is 9.89. The van der Waals surface area contributed by atoms with E-state index in [9.17, 15) is 5.26 Å². The first kappa shape index (κ1) is 21.8. The molecule has 1 saturated heterocycles. The van der Waals surface area contributed by atoms with Crippen molar-refractivity contribution in [2.45, 2.75) is 18.4 Å². The molecule has 0 atom stereocenters. The van der Waals surface area contributed by atoms with Gasteiger partial charge in [-0.2, -0.15) is 20.4 Å². The summed E-state index contributed by atoms with van der Waals surface area (Å²) in [6, 6.07) is 13.6. The second-order valence-corrected chi connectivity index (χ2v) is 9.48. The van der Waals surface area contributed by atoms with Gasteiger partial charge >= 0.3 is 0 Å². The number of anilines is 1. The fourth-order valence-electron chi connectivity index (χ4n) is 4.67. The molecule has 0 spiro atoms. The third kappa shape index (κ3) is 3.58. The summed E-state index contributed by atoms with van der Waals surface area (Å²) in [6.07, 6.45) is 3.23. The van der Waals surface area contributed by atoms with Crippen LogP contribution in [0.3, 0.4) is 0 Å². The van der Waals surface area contributed by atoms with Crippen molar-refractivity contribution in [1.82, 2.24) is 30.4 Å². The molecule has 35 heavy (non-hydrogen) atoms. The Bertz CT molecular complexity index is 1620. The SMILES string of the molecule is N#Cc1nc(N2CCC(N)(c3ccc4[nH]ncc4c3)CC2)nc2[nH]nc(-c3cccc(Cl)c3Cl)c12. The van der Waals surface area contributed by atoms with Gasteiger partial charge in [0, 0.05) is 29.6 Å². The molecular weight excluding hydrogens is 485 g/mol. The van der Waals surface area contributed by atoms with E-state index in [4.69, 9.17) is 28.9 Å². The van der Waals surface area contributed by atoms with E-state index in [1.54, 1.807) is 24.4 Å². The molecule has 9 nitrogen and oxygen atoms in total. The molecule has 4 heterocycles. The number of aromatic nitrogens is 6. The zero-order valence-electron chi connectivity index (χ0n) is 18.4. The summed E-state index contributed by atoms with van der Waals surface area (Å²) in [5, 5.41) is 26.6. The van der Waals surface area contributed by atoms with E-state index >= 15 is 0 Å². The van der Waals surface area contributed by atoms with Crippen LogP contribution in [-0.4, -0.2) is 43.5 Å². The van der Waals surface area contributed by atoms with E-state index < -0.39 is 5.54 Å². The molecule has 5 aromatic rings. The molecule has 3 aromatic heterocycles. The first-order chi connectivity index (χ1) is 17.0. The maximum Gasteiger partial charge on any atom is 0.228 e. The average Bonchev–Trinajstić information content (AvgIpc) is 3.52. The molecule has 0 saturated carbocycles. The van der Waals surface area contributed by atoms with Crippen molar-refractivity contribution in [3.8, 4) is 17.3 Å². The summed E-state index contributed by atoms with van der Waals surface area (Å²) in [4.78, 5) is 11.3. The largest absolute Gasteiger partial charge is 0.341 e. The number of nitrogens with one attached hydrogen (secondary N) is 2. The van der Waals surface area contributed by atoms with E-state index in [0.29, 0.717) is 64.2 Å². The molecule has 0 unspecified atom stereocenters. The first-order valence-corrected chi connectivity index (χ1v) is 11.8. The predicted molar refractivity (Wildman–Crippen MR) is 135 cm³/mol. The van der Waals surface area contributed by atoms with Crippen LogP contribution < -0.4 is 10.6 Å². The quantitative estimate of drug-likeness (QED) is 0.328. The van der Waals surface area contributed by atoms with Crippen LogP contribution >= 0.6 is 23.2 Å². The Morgan fingerprint density at radius 2 is 1.91 bits per heavy atom. The van der Waals surface area contributed by atoms with Gasteiger partial charge in [-0.1, -0.05) is 41.4 Å². The van der Waals surface area contributed by atoms with Crippen molar-refractivity contribution >= 4 is 51.1 Å². The van der Waals surface area contributed by atoms with Gasteiger partial charge in [-0.15, -0.1) is 0 Å². The van der Waals surface area contributed by atoms with E-state index in [2.05, 4.69) is 53.5 Å². The highest BCUT2D eigenvalue weighted by Crippen LogP contribution is 2.37. The van der Waals surface area contributed by atoms with Crippen molar-refractivity contribution in [1.29, 1.82) is 5.26 Å². The van der Waals surface area contributed by atoms with Crippen LogP contribution in [0.15, 0.2) is 42.6 Å². The Morgan fingerprint density at radius 1 is 1.09 bits per heavy atom. The lowest BCUT2D eigenvalue weighted by molar-refractivity contribution is 0.341. The zero-order chi connectivity index (χ0) is 24.2. The molecule has 1 fully saturated rings. The number of nitriles is 1. The summed E-state index contributed by atoms with van der Waals surface area (Å²) in [7, 11) is 0. The normalized spacial score (nSPS) is 15.5. The van der Waals surface area contributed by atoms with Crippen molar-refractivity contribution in [2.24, 2.45) is 5.73 Å². The van der Waals surface area contributed by atoms with Gasteiger partial charge in [0.1, 0.15) is 11.8 Å². The van der Waals surface area contributed by atoms with E-state index in [-0.39, 0.29) is 5.69 Å². The van der Waals surface area contributed by atoms with Crippen molar-refractivity contribution in [2.75, 3.05) is 18.0 Å². The summed E-state index contributed by atoms with van der Waals surface area (Å²) in [6.45, 7) is 1.30. The highest BCUT2D eigenvalue weighted by atomic mass is 35.5. The van der Waals surface area contributed by atoms with Crippen molar-refractivity contribution in [3.05, 3.63) is 63.9 Å². The third-order valence-electron chi connectivity index (χ3n) is 6.67. The predicted octanol–water partition coefficient (Wildman–Crippen LogP) is 4.53. The van der Waals surface area contributed by atoms with Crippen LogP contribution in [-0.2, 0) is 5.54 Å². The fraction of sp³-hybridized carbons (Fsp3) is 0.208. The molecule has 1 aliphatic rings. The van der Waals surface area contributed by atoms with Gasteiger partial charge in [0.25, 0.3) is 0 Å². The summed E-state index contributed by atoms with van der Waals surface area (Å²) < 4.78 is 0. The van der Waals surface area contributed by atoms with Crippen LogP contribution in [0, 0.1) is 11.3 Å². The Balaban J connectivity index is 1.31. The lowest BCUT2D eigenvalue weighted by Gasteiger charge is -2.39. The number of fused-ring (bicyclic) bond motifs is 2. The Kier molecular flexibility index (Phi) is 5.11. The van der Waals surface area contributed by atoms with Crippen molar-refractivity contribution < 1.29 is 0 Å². The minimum absolute atomic E-state index is 0.222. The standard InChI is InChI=1S/C24H19Cl2N9/c25-16-3-1-2-15(20(16)26)21-19-18(11-27)30-23(31-22(19)34-33-21)35-8-6-24(28,7-9-35)14-4-5-17-13(10-14)12-29-32-17/h1-5,10,12H,6-9,28H2,(H,29,32)(H,30,31,33,34). The molecule has 2 aromatic carbocycles. The lowest BCUT2D eigenvalue weighted by Crippen LogP contribution is -2.48. The van der Waals surface area contributed by atoms with Gasteiger partial charge in [-0.05, 0) is 36.6 Å². The van der Waals surface area contributed by atoms with E-state index in [1.807, 2.05) is 6.07 Å². The molecule has 0 amide bonds. The average molecular weight is 504 g/mol. The molecule has 0 radical (unpaired) electrons. The smallest absolute Gasteiger partial charge is 0.228 e. The summed E-state index contributed by atoms with van der Waals surface area (Å²) >= 11 is 12.6. The first-order valence-electron chi connectivity index (χ1n) is 11.0. The Hall–Kier alpha value is -3.71. The monoisotopic (exact) mass is 503 g/mol. The Labute approximate surface area is 209 Å². The number of piperidine rings is 1. The topological polar surface area (TPSA) is 136 Å². The van der Waals surface area contributed by atoms with Crippen LogP contribution in [0.5, 0.6) is 0 Å². The van der Waals surface area contributed by atoms with Gasteiger partial charge in [0.15, 0.2) is 11.3 Å². The van der Waals surface area contributed by atoms with Crippen LogP contribution in [0.2, 0.25) is 10.0 Å². The van der Waals surface area contributed by atoms with Crippen LogP contribution in [0.25, 0.3) is 33.2 Å². The second-order valence-electron chi connectivity index (χ2n) is 8.70. The molecule has 1 aliphatic heterocycles. The number of hydrogen-bond donors (Lipinski definition) is 3. The molecule has 0 aliphatic carbocycles. The minimum Gasteiger partial charge on any atom is -0.341 e. The number of halogens is 2. The van der Waals surface area contributed by atoms with Gasteiger partial charge in [0.2, 0.25) is 5.95 Å². The summed E-state index contributed by atoms with van der Waals surface area (Å²) in [5.74, 6) is 0.466. The maximum absolute atomic E-state index is 9.89. The molecular formula is C24H19Cl2N9. The molecule has 174 valence electrons. The van der Waals surface area contributed by atoms with Crippen LogP contribution in [0.4, 0.5) is 5.95 Å². The number of aromatic amines is 2. The summed E-state index contributed by atoms with van der Waals surface area (Å²) in [5.41, 5.74) is 10.2. The fourth-order valence-corrected chi connectivity index (χ4v) is 5.06. The molecule has 6 rings (SSSR count). The van der Waals surface area contributed by atoms with Gasteiger partial charge in [-0.25, -0.2) is 4.98 Å². The molecule has 11 heteroatoms. The van der Waals surface area contributed by atoms with E-state index in [0.717, 1.165) is 16.5 Å². The number of nitrogens with zero attached hydrogens (tertiary/aromatic N) is 6. The molecule has 0 bridgehead atoms. The van der Waals surface area contributed by atoms with Crippen LogP contribution in [0.1, 0.15) is 24.1 Å².